The molecule has 0 aliphatic rings. The minimum absolute atomic E-state index is 0.265. The predicted molar refractivity (Wildman–Crippen MR) is 85.3 cm³/mol. The molecule has 0 bridgehead atoms. The van der Waals surface area contributed by atoms with Crippen LogP contribution < -0.4 is 0 Å². The van der Waals surface area contributed by atoms with Crippen molar-refractivity contribution in [1.82, 2.24) is 4.90 Å². The van der Waals surface area contributed by atoms with Crippen molar-refractivity contribution in [2.45, 2.75) is 38.8 Å². The largest absolute Gasteiger partial charge is 0.467 e. The Bertz CT molecular complexity index is 559. The van der Waals surface area contributed by atoms with Gasteiger partial charge in [-0.1, -0.05) is 24.3 Å². The van der Waals surface area contributed by atoms with E-state index in [1.807, 2.05) is 0 Å². The fraction of sp³-hybridized carbons (Fsp3) is 0.471. The highest BCUT2D eigenvalue weighted by Gasteiger charge is 2.31. The molecule has 6 heteroatoms. The molecule has 0 aliphatic carbocycles. The number of hydrogen-bond donors (Lipinski definition) is 0. The van der Waals surface area contributed by atoms with Gasteiger partial charge in [-0.05, 0) is 26.3 Å². The summed E-state index contributed by atoms with van der Waals surface area (Å²) in [7, 11) is 2.77. The molecule has 23 heavy (non-hydrogen) atoms. The van der Waals surface area contributed by atoms with E-state index in [-0.39, 0.29) is 6.42 Å². The molecular weight excluding hydrogens is 298 g/mol. The Kier molecular flexibility index (Phi) is 6.30. The van der Waals surface area contributed by atoms with Gasteiger partial charge in [0.1, 0.15) is 17.9 Å². The molecule has 1 amide bonds. The van der Waals surface area contributed by atoms with E-state index in [1.54, 1.807) is 45.0 Å². The lowest BCUT2D eigenvalue weighted by molar-refractivity contribution is -0.146. The third kappa shape index (κ3) is 5.73. The Morgan fingerprint density at radius 1 is 1.22 bits per heavy atom. The summed E-state index contributed by atoms with van der Waals surface area (Å²) in [5.74, 6) is -0.530. The maximum absolute atomic E-state index is 12.2. The SMILES string of the molecule is COC(=O)C(Cc1ccc(C=O)cc1)N(C)C(=O)OC(C)(C)C. The Morgan fingerprint density at radius 3 is 2.22 bits per heavy atom. The second-order valence-electron chi connectivity index (χ2n) is 6.19. The zero-order valence-corrected chi connectivity index (χ0v) is 14.2. The van der Waals surface area contributed by atoms with Crippen molar-refractivity contribution >= 4 is 18.3 Å². The molecule has 0 heterocycles. The minimum Gasteiger partial charge on any atom is -0.467 e. The maximum Gasteiger partial charge on any atom is 0.410 e. The first kappa shape index (κ1) is 18.7. The highest BCUT2D eigenvalue weighted by Crippen LogP contribution is 2.15. The molecule has 1 atom stereocenters. The van der Waals surface area contributed by atoms with E-state index in [0.717, 1.165) is 11.8 Å². The van der Waals surface area contributed by atoms with Gasteiger partial charge in [-0.3, -0.25) is 9.69 Å². The average Bonchev–Trinajstić information content (AvgIpc) is 2.50. The normalized spacial score (nSPS) is 12.2. The molecular formula is C17H23NO5. The number of esters is 1. The molecule has 0 saturated carbocycles. The quantitative estimate of drug-likeness (QED) is 0.615. The van der Waals surface area contributed by atoms with Crippen molar-refractivity contribution in [3.05, 3.63) is 35.4 Å². The number of ether oxygens (including phenoxy) is 2. The molecule has 1 aromatic rings. The number of nitrogens with zero attached hydrogens (tertiary/aromatic N) is 1. The van der Waals surface area contributed by atoms with Crippen LogP contribution >= 0.6 is 0 Å². The van der Waals surface area contributed by atoms with Gasteiger partial charge in [0.15, 0.2) is 0 Å². The summed E-state index contributed by atoms with van der Waals surface area (Å²) in [4.78, 5) is 36.1. The molecule has 1 unspecified atom stereocenters. The van der Waals surface area contributed by atoms with E-state index in [4.69, 9.17) is 9.47 Å². The van der Waals surface area contributed by atoms with Gasteiger partial charge >= 0.3 is 12.1 Å². The smallest absolute Gasteiger partial charge is 0.410 e. The van der Waals surface area contributed by atoms with Crippen molar-refractivity contribution in [3.63, 3.8) is 0 Å². The van der Waals surface area contributed by atoms with Gasteiger partial charge in [-0.2, -0.15) is 0 Å². The lowest BCUT2D eigenvalue weighted by atomic mass is 10.0. The molecule has 0 N–H and O–H groups in total. The van der Waals surface area contributed by atoms with Crippen LogP contribution in [0.4, 0.5) is 4.79 Å². The Morgan fingerprint density at radius 2 is 1.78 bits per heavy atom. The Balaban J connectivity index is 2.92. The first-order valence-electron chi connectivity index (χ1n) is 7.25. The van der Waals surface area contributed by atoms with Gasteiger partial charge in [0.2, 0.25) is 0 Å². The van der Waals surface area contributed by atoms with Crippen LogP contribution in [0.25, 0.3) is 0 Å². The molecule has 0 aromatic heterocycles. The third-order valence-corrected chi connectivity index (χ3v) is 3.17. The maximum atomic E-state index is 12.2. The molecule has 1 rings (SSSR count). The Hall–Kier alpha value is -2.37. The van der Waals surface area contributed by atoms with Crippen molar-refractivity contribution in [3.8, 4) is 0 Å². The van der Waals surface area contributed by atoms with Gasteiger partial charge in [-0.25, -0.2) is 9.59 Å². The van der Waals surface area contributed by atoms with E-state index >= 15 is 0 Å². The lowest BCUT2D eigenvalue weighted by Crippen LogP contribution is -2.46. The number of carbonyl (C=O) groups is 3. The second-order valence-corrected chi connectivity index (χ2v) is 6.19. The van der Waals surface area contributed by atoms with E-state index in [2.05, 4.69) is 0 Å². The fourth-order valence-corrected chi connectivity index (χ4v) is 1.93. The minimum atomic E-state index is -0.808. The van der Waals surface area contributed by atoms with E-state index in [9.17, 15) is 14.4 Å². The average molecular weight is 321 g/mol. The lowest BCUT2D eigenvalue weighted by Gasteiger charge is -2.29. The number of carbonyl (C=O) groups excluding carboxylic acids is 3. The van der Waals surface area contributed by atoms with Gasteiger partial charge < -0.3 is 9.47 Å². The zero-order chi connectivity index (χ0) is 17.6. The first-order valence-corrected chi connectivity index (χ1v) is 7.25. The summed E-state index contributed by atoms with van der Waals surface area (Å²) < 4.78 is 10.1. The van der Waals surface area contributed by atoms with Gasteiger partial charge in [0, 0.05) is 19.0 Å². The molecule has 0 fully saturated rings. The van der Waals surface area contributed by atoms with E-state index < -0.39 is 23.7 Å². The number of amides is 1. The van der Waals surface area contributed by atoms with Crippen molar-refractivity contribution in [2.75, 3.05) is 14.2 Å². The Labute approximate surface area is 136 Å². The van der Waals surface area contributed by atoms with Crippen molar-refractivity contribution < 1.29 is 23.9 Å². The second kappa shape index (κ2) is 7.76. The van der Waals surface area contributed by atoms with Gasteiger partial charge in [-0.15, -0.1) is 0 Å². The summed E-state index contributed by atoms with van der Waals surface area (Å²) in [5, 5.41) is 0. The summed E-state index contributed by atoms with van der Waals surface area (Å²) in [6, 6.07) is 5.98. The first-order chi connectivity index (χ1) is 10.7. The molecule has 6 nitrogen and oxygen atoms in total. The summed E-state index contributed by atoms with van der Waals surface area (Å²) >= 11 is 0. The zero-order valence-electron chi connectivity index (χ0n) is 14.2. The molecule has 0 aliphatic heterocycles. The number of rotatable bonds is 5. The van der Waals surface area contributed by atoms with Crippen LogP contribution in [0.15, 0.2) is 24.3 Å². The van der Waals surface area contributed by atoms with Crippen LogP contribution in [0.5, 0.6) is 0 Å². The number of likely N-dealkylation sites (N-methyl/N-ethyl adjacent to an activating group) is 1. The molecule has 0 spiro atoms. The number of benzene rings is 1. The van der Waals surface area contributed by atoms with Crippen LogP contribution in [-0.2, 0) is 20.7 Å². The van der Waals surface area contributed by atoms with E-state index in [0.29, 0.717) is 5.56 Å². The monoisotopic (exact) mass is 321 g/mol. The summed E-state index contributed by atoms with van der Waals surface area (Å²) in [6.07, 6.45) is 0.410. The van der Waals surface area contributed by atoms with Crippen LogP contribution in [0, 0.1) is 0 Å². The van der Waals surface area contributed by atoms with Gasteiger partial charge in [0.05, 0.1) is 7.11 Å². The predicted octanol–water partition coefficient (Wildman–Crippen LogP) is 2.45. The number of aldehydes is 1. The van der Waals surface area contributed by atoms with Crippen LogP contribution in [0.3, 0.4) is 0 Å². The molecule has 0 radical (unpaired) electrons. The highest BCUT2D eigenvalue weighted by atomic mass is 16.6. The summed E-state index contributed by atoms with van der Waals surface area (Å²) in [6.45, 7) is 5.26. The molecule has 126 valence electrons. The highest BCUT2D eigenvalue weighted by molar-refractivity contribution is 5.81. The number of hydrogen-bond acceptors (Lipinski definition) is 5. The van der Waals surface area contributed by atoms with Crippen molar-refractivity contribution in [1.29, 1.82) is 0 Å². The summed E-state index contributed by atoms with van der Waals surface area (Å²) in [5.41, 5.74) is 0.697. The third-order valence-electron chi connectivity index (χ3n) is 3.17. The van der Waals surface area contributed by atoms with E-state index in [1.165, 1.54) is 19.1 Å². The number of methoxy groups -OCH3 is 1. The fourth-order valence-electron chi connectivity index (χ4n) is 1.93. The standard InChI is InChI=1S/C17H23NO5/c1-17(2,3)23-16(21)18(4)14(15(20)22-5)10-12-6-8-13(11-19)9-7-12/h6-9,11,14H,10H2,1-5H3. The van der Waals surface area contributed by atoms with Gasteiger partial charge in [0.25, 0.3) is 0 Å². The van der Waals surface area contributed by atoms with Crippen molar-refractivity contribution in [2.24, 2.45) is 0 Å². The topological polar surface area (TPSA) is 72.9 Å². The van der Waals surface area contributed by atoms with Crippen LogP contribution in [0.2, 0.25) is 0 Å². The molecule has 0 saturated heterocycles. The molecule has 1 aromatic carbocycles. The van der Waals surface area contributed by atoms with Crippen LogP contribution in [-0.4, -0.2) is 49.0 Å². The van der Waals surface area contributed by atoms with Crippen LogP contribution in [0.1, 0.15) is 36.7 Å².